The Morgan fingerprint density at radius 2 is 1.00 bits per heavy atom. The molecule has 0 unspecified atom stereocenters. The van der Waals surface area contributed by atoms with Gasteiger partial charge in [-0.25, -0.2) is 0 Å². The summed E-state index contributed by atoms with van der Waals surface area (Å²) in [6.45, 7) is -0.381. The van der Waals surface area contributed by atoms with E-state index in [1.165, 1.54) is 0 Å². The first-order valence-corrected chi connectivity index (χ1v) is 5.99. The molecule has 7 N–H and O–H groups in total. The molecule has 2 rings (SSSR count). The van der Waals surface area contributed by atoms with Crippen molar-refractivity contribution >= 4 is 0 Å². The molecule has 2 fully saturated rings. The maximum absolute atomic E-state index is 9.70. The lowest BCUT2D eigenvalue weighted by Crippen LogP contribution is -2.65. The van der Waals surface area contributed by atoms with Crippen LogP contribution in [-0.4, -0.2) is 92.9 Å². The minimum atomic E-state index is -1.41. The molecule has 0 bridgehead atoms. The van der Waals surface area contributed by atoms with E-state index in [1.54, 1.807) is 0 Å². The van der Waals surface area contributed by atoms with Gasteiger partial charge in [-0.15, -0.1) is 0 Å². The topological polar surface area (TPSA) is 152 Å². The van der Waals surface area contributed by atoms with Crippen LogP contribution in [0, 0.1) is 0 Å². The Kier molecular flexibility index (Phi) is 4.71. The van der Waals surface area contributed by atoms with E-state index < -0.39 is 49.1 Å². The van der Waals surface area contributed by atoms with Crippen LogP contribution < -0.4 is 5.32 Å². The van der Waals surface area contributed by atoms with E-state index in [2.05, 4.69) is 5.32 Å². The molecule has 0 amide bonds. The fourth-order valence-corrected chi connectivity index (χ4v) is 2.07. The zero-order chi connectivity index (χ0) is 14.2. The molecule has 8 atom stereocenters. The van der Waals surface area contributed by atoms with Crippen molar-refractivity contribution in [3.8, 4) is 0 Å². The quantitative estimate of drug-likeness (QED) is 0.265. The van der Waals surface area contributed by atoms with Crippen molar-refractivity contribution in [1.82, 2.24) is 5.32 Å². The van der Waals surface area contributed by atoms with Crippen LogP contribution in [0.3, 0.4) is 0 Å². The van der Waals surface area contributed by atoms with Crippen LogP contribution in [0.1, 0.15) is 0 Å². The molecule has 0 aromatic heterocycles. The number of hydrogen-bond acceptors (Lipinski definition) is 9. The van der Waals surface area contributed by atoms with Crippen LogP contribution in [0.5, 0.6) is 0 Å². The molecule has 2 aliphatic heterocycles. The summed E-state index contributed by atoms with van der Waals surface area (Å²) in [6.07, 6.45) is -10.1. The maximum Gasteiger partial charge on any atom is 0.139 e. The van der Waals surface area contributed by atoms with Crippen LogP contribution in [0.2, 0.25) is 0 Å². The van der Waals surface area contributed by atoms with E-state index in [1.807, 2.05) is 0 Å². The highest BCUT2D eigenvalue weighted by atomic mass is 16.6. The van der Waals surface area contributed by atoms with E-state index in [0.717, 1.165) is 0 Å². The highest BCUT2D eigenvalue weighted by Gasteiger charge is 2.43. The fourth-order valence-electron chi connectivity index (χ4n) is 2.07. The Morgan fingerprint density at radius 3 is 1.37 bits per heavy atom. The average Bonchev–Trinajstić information content (AvgIpc) is 2.39. The Labute approximate surface area is 109 Å². The molecule has 112 valence electrons. The minimum Gasteiger partial charge on any atom is -0.388 e. The Hall–Kier alpha value is -0.360. The van der Waals surface area contributed by atoms with Gasteiger partial charge in [-0.05, 0) is 0 Å². The number of nitrogens with one attached hydrogen (secondary N) is 1. The monoisotopic (exact) mass is 281 g/mol. The molecule has 0 spiro atoms. The van der Waals surface area contributed by atoms with Gasteiger partial charge in [-0.2, -0.15) is 0 Å². The first kappa shape index (κ1) is 15.0. The second kappa shape index (κ2) is 5.95. The summed E-state index contributed by atoms with van der Waals surface area (Å²) in [7, 11) is 0. The van der Waals surface area contributed by atoms with E-state index in [-0.39, 0.29) is 13.2 Å². The lowest BCUT2D eigenvalue weighted by atomic mass is 10.0. The summed E-state index contributed by atoms with van der Waals surface area (Å²) in [5, 5.41) is 59.5. The molecule has 2 heterocycles. The second-order valence-electron chi connectivity index (χ2n) is 4.77. The molecule has 19 heavy (non-hydrogen) atoms. The second-order valence-corrected chi connectivity index (χ2v) is 4.77. The molecular formula is C10H19NO8. The third-order valence-corrected chi connectivity index (χ3v) is 3.33. The number of aliphatic hydroxyl groups is 6. The van der Waals surface area contributed by atoms with Gasteiger partial charge in [-0.3, -0.25) is 5.32 Å². The van der Waals surface area contributed by atoms with E-state index in [4.69, 9.17) is 9.47 Å². The number of hydrogen-bond donors (Lipinski definition) is 7. The molecule has 9 heteroatoms. The third kappa shape index (κ3) is 3.05. The summed E-state index contributed by atoms with van der Waals surface area (Å²) in [4.78, 5) is 0. The third-order valence-electron chi connectivity index (χ3n) is 3.33. The SMILES string of the molecule is O[C@@H]1[C@@H](O)[C@H](N[C@@H]2OC[C@@H](O)[C@H](O)[C@H]2O)OC[C@H]1O. The first-order valence-electron chi connectivity index (χ1n) is 5.99. The van der Waals surface area contributed by atoms with Crippen LogP contribution >= 0.6 is 0 Å². The molecule has 9 nitrogen and oxygen atoms in total. The summed E-state index contributed by atoms with van der Waals surface area (Å²) in [5.41, 5.74) is 0. The molecule has 0 aliphatic carbocycles. The summed E-state index contributed by atoms with van der Waals surface area (Å²) in [6, 6.07) is 0. The lowest BCUT2D eigenvalue weighted by Gasteiger charge is -2.41. The fraction of sp³-hybridized carbons (Fsp3) is 1.00. The van der Waals surface area contributed by atoms with Gasteiger partial charge in [0.25, 0.3) is 0 Å². The normalized spacial score (nSPS) is 52.1. The predicted octanol–water partition coefficient (Wildman–Crippen LogP) is -4.55. The Bertz CT molecular complexity index is 277. The number of aliphatic hydroxyl groups excluding tert-OH is 6. The standard InChI is InChI=1S/C10H19NO8/c12-3-1-18-9(7(16)5(3)14)11-10-8(17)6(15)4(13)2-19-10/h3-17H,1-2H2/t3-,4-,5+,6+,7-,8-,9-,10-/m1/s1. The molecule has 0 saturated carbocycles. The molecule has 2 saturated heterocycles. The first-order chi connectivity index (χ1) is 8.91. The van der Waals surface area contributed by atoms with Crippen molar-refractivity contribution in [2.75, 3.05) is 13.2 Å². The Morgan fingerprint density at radius 1 is 0.632 bits per heavy atom. The van der Waals surface area contributed by atoms with E-state index in [0.29, 0.717) is 0 Å². The molecule has 0 aromatic carbocycles. The van der Waals surface area contributed by atoms with Crippen molar-refractivity contribution in [2.24, 2.45) is 0 Å². The smallest absolute Gasteiger partial charge is 0.139 e. The van der Waals surface area contributed by atoms with Crippen LogP contribution in [0.4, 0.5) is 0 Å². The van der Waals surface area contributed by atoms with Gasteiger partial charge in [0.2, 0.25) is 0 Å². The lowest BCUT2D eigenvalue weighted by molar-refractivity contribution is -0.236. The number of ether oxygens (including phenoxy) is 2. The van der Waals surface area contributed by atoms with Crippen molar-refractivity contribution in [3.05, 3.63) is 0 Å². The average molecular weight is 281 g/mol. The summed E-state index contributed by atoms with van der Waals surface area (Å²) >= 11 is 0. The van der Waals surface area contributed by atoms with Gasteiger partial charge in [0, 0.05) is 0 Å². The van der Waals surface area contributed by atoms with Crippen LogP contribution in [0.25, 0.3) is 0 Å². The van der Waals surface area contributed by atoms with Crippen molar-refractivity contribution in [3.63, 3.8) is 0 Å². The van der Waals surface area contributed by atoms with Gasteiger partial charge in [-0.1, -0.05) is 0 Å². The van der Waals surface area contributed by atoms with Crippen molar-refractivity contribution in [2.45, 2.75) is 49.1 Å². The minimum absolute atomic E-state index is 0.191. The van der Waals surface area contributed by atoms with E-state index in [9.17, 15) is 30.6 Å². The van der Waals surface area contributed by atoms with Crippen molar-refractivity contribution < 1.29 is 40.1 Å². The van der Waals surface area contributed by atoms with Crippen LogP contribution in [-0.2, 0) is 9.47 Å². The van der Waals surface area contributed by atoms with Gasteiger partial charge < -0.3 is 40.1 Å². The van der Waals surface area contributed by atoms with Crippen molar-refractivity contribution in [1.29, 1.82) is 0 Å². The van der Waals surface area contributed by atoms with Gasteiger partial charge in [0.15, 0.2) is 0 Å². The zero-order valence-corrected chi connectivity index (χ0v) is 10.0. The number of rotatable bonds is 2. The van der Waals surface area contributed by atoms with Gasteiger partial charge in [0.1, 0.15) is 49.1 Å². The highest BCUT2D eigenvalue weighted by molar-refractivity contribution is 4.90. The Balaban J connectivity index is 1.94. The maximum atomic E-state index is 9.70. The summed E-state index contributed by atoms with van der Waals surface area (Å²) in [5.74, 6) is 0. The van der Waals surface area contributed by atoms with Crippen LogP contribution in [0.15, 0.2) is 0 Å². The molecule has 2 aliphatic rings. The predicted molar refractivity (Wildman–Crippen MR) is 58.7 cm³/mol. The zero-order valence-electron chi connectivity index (χ0n) is 10.0. The van der Waals surface area contributed by atoms with Gasteiger partial charge >= 0.3 is 0 Å². The summed E-state index contributed by atoms with van der Waals surface area (Å²) < 4.78 is 10.2. The molecule has 0 radical (unpaired) electrons. The molecular weight excluding hydrogens is 262 g/mol. The molecule has 0 aromatic rings. The van der Waals surface area contributed by atoms with E-state index >= 15 is 0 Å². The highest BCUT2D eigenvalue weighted by Crippen LogP contribution is 2.18. The van der Waals surface area contributed by atoms with Gasteiger partial charge in [0.05, 0.1) is 13.2 Å². The largest absolute Gasteiger partial charge is 0.388 e.